The first-order chi connectivity index (χ1) is 19.0. The van der Waals surface area contributed by atoms with Crippen molar-refractivity contribution in [3.8, 4) is 23.1 Å². The number of hydrogen-bond donors (Lipinski definition) is 0. The normalized spacial score (nSPS) is 12.2. The van der Waals surface area contributed by atoms with E-state index >= 15 is 0 Å². The van der Waals surface area contributed by atoms with Gasteiger partial charge in [0, 0.05) is 5.39 Å². The van der Waals surface area contributed by atoms with Crippen molar-refractivity contribution in [1.29, 1.82) is 0 Å². The van der Waals surface area contributed by atoms with Crippen LogP contribution in [-0.4, -0.2) is 41.2 Å². The van der Waals surface area contributed by atoms with E-state index in [0.29, 0.717) is 45.9 Å². The maximum atomic E-state index is 13.5. The lowest BCUT2D eigenvalue weighted by molar-refractivity contribution is -0.150. The summed E-state index contributed by atoms with van der Waals surface area (Å²) in [5, 5.41) is 5.82. The van der Waals surface area contributed by atoms with Gasteiger partial charge in [-0.05, 0) is 68.8 Å². The molecular formula is C30H27N3O6. The second-order valence-corrected chi connectivity index (χ2v) is 8.61. The number of benzene rings is 3. The fraction of sp³-hybridized carbons (Fsp3) is 0.200. The first-order valence-electron chi connectivity index (χ1n) is 12.6. The highest BCUT2D eigenvalue weighted by Gasteiger charge is 2.19. The van der Waals surface area contributed by atoms with Gasteiger partial charge in [-0.2, -0.15) is 9.78 Å². The monoisotopic (exact) mass is 525 g/mol. The predicted octanol–water partition coefficient (Wildman–Crippen LogP) is 5.42. The van der Waals surface area contributed by atoms with Gasteiger partial charge in [0.25, 0.3) is 5.56 Å². The molecule has 2 aromatic heterocycles. The Morgan fingerprint density at radius 2 is 1.82 bits per heavy atom. The van der Waals surface area contributed by atoms with Crippen molar-refractivity contribution in [2.24, 2.45) is 5.10 Å². The second-order valence-electron chi connectivity index (χ2n) is 8.61. The standard InChI is InChI=1S/C30H27N3O6/c1-4-36-26-16-20(14-15-25(26)38-19(3)30(35)37-5-2)18-31-33-28(27-17-21-10-6-9-13-24(21)39-27)32-23-12-8-7-11-22(23)29(33)34/h6-19H,4-5H2,1-3H3/t19-/m1/s1. The molecule has 0 N–H and O–H groups in total. The summed E-state index contributed by atoms with van der Waals surface area (Å²) in [6.07, 6.45) is 0.725. The van der Waals surface area contributed by atoms with E-state index in [1.807, 2.05) is 43.3 Å². The molecule has 0 spiro atoms. The molecule has 5 aromatic rings. The van der Waals surface area contributed by atoms with Gasteiger partial charge in [0.05, 0.1) is 30.3 Å². The van der Waals surface area contributed by atoms with Crippen molar-refractivity contribution in [3.05, 3.63) is 88.7 Å². The third-order valence-corrected chi connectivity index (χ3v) is 5.91. The Balaban J connectivity index is 1.55. The third kappa shape index (κ3) is 5.38. The number of hydrogen-bond acceptors (Lipinski definition) is 8. The van der Waals surface area contributed by atoms with E-state index < -0.39 is 12.1 Å². The topological polar surface area (TPSA) is 105 Å². The lowest BCUT2D eigenvalue weighted by Gasteiger charge is -2.16. The lowest BCUT2D eigenvalue weighted by atomic mass is 10.2. The average Bonchev–Trinajstić information content (AvgIpc) is 3.38. The summed E-state index contributed by atoms with van der Waals surface area (Å²) in [5.41, 5.74) is 1.53. The summed E-state index contributed by atoms with van der Waals surface area (Å²) in [4.78, 5) is 30.2. The van der Waals surface area contributed by atoms with Crippen LogP contribution in [-0.2, 0) is 9.53 Å². The molecule has 0 saturated carbocycles. The largest absolute Gasteiger partial charge is 0.490 e. The number of aromatic nitrogens is 2. The summed E-state index contributed by atoms with van der Waals surface area (Å²) >= 11 is 0. The molecule has 0 amide bonds. The molecule has 0 bridgehead atoms. The maximum absolute atomic E-state index is 13.5. The van der Waals surface area contributed by atoms with Crippen LogP contribution >= 0.6 is 0 Å². The van der Waals surface area contributed by atoms with E-state index in [-0.39, 0.29) is 18.0 Å². The number of rotatable bonds is 9. The predicted molar refractivity (Wildman–Crippen MR) is 149 cm³/mol. The van der Waals surface area contributed by atoms with Crippen LogP contribution in [0.4, 0.5) is 0 Å². The highest BCUT2D eigenvalue weighted by molar-refractivity contribution is 5.85. The van der Waals surface area contributed by atoms with Crippen molar-refractivity contribution in [2.45, 2.75) is 26.9 Å². The molecule has 0 aliphatic heterocycles. The van der Waals surface area contributed by atoms with E-state index in [4.69, 9.17) is 23.6 Å². The highest BCUT2D eigenvalue weighted by Crippen LogP contribution is 2.30. The number of carbonyl (C=O) groups is 1. The molecule has 3 aromatic carbocycles. The van der Waals surface area contributed by atoms with Gasteiger partial charge in [-0.3, -0.25) is 4.79 Å². The molecule has 0 aliphatic rings. The molecule has 5 rings (SSSR count). The molecule has 2 heterocycles. The number of ether oxygens (including phenoxy) is 3. The molecule has 9 heteroatoms. The number of fused-ring (bicyclic) bond motifs is 2. The van der Waals surface area contributed by atoms with Gasteiger partial charge in [-0.1, -0.05) is 30.3 Å². The van der Waals surface area contributed by atoms with Crippen LogP contribution in [0, 0.1) is 0 Å². The van der Waals surface area contributed by atoms with E-state index in [1.165, 1.54) is 10.9 Å². The second kappa shape index (κ2) is 11.2. The molecule has 198 valence electrons. The van der Waals surface area contributed by atoms with Gasteiger partial charge < -0.3 is 18.6 Å². The van der Waals surface area contributed by atoms with Gasteiger partial charge in [-0.25, -0.2) is 9.78 Å². The highest BCUT2D eigenvalue weighted by atomic mass is 16.6. The zero-order chi connectivity index (χ0) is 27.4. The summed E-state index contributed by atoms with van der Waals surface area (Å²) in [7, 11) is 0. The fourth-order valence-electron chi connectivity index (χ4n) is 4.08. The van der Waals surface area contributed by atoms with Gasteiger partial charge in [0.2, 0.25) is 5.82 Å². The minimum atomic E-state index is -0.808. The van der Waals surface area contributed by atoms with Gasteiger partial charge in [-0.15, -0.1) is 0 Å². The zero-order valence-corrected chi connectivity index (χ0v) is 21.8. The van der Waals surface area contributed by atoms with Crippen LogP contribution in [0.15, 0.2) is 87.1 Å². The summed E-state index contributed by atoms with van der Waals surface area (Å²) in [6.45, 7) is 5.84. The van der Waals surface area contributed by atoms with Gasteiger partial charge in [0.15, 0.2) is 23.4 Å². The molecule has 0 saturated heterocycles. The smallest absolute Gasteiger partial charge is 0.347 e. The molecule has 0 unspecified atom stereocenters. The van der Waals surface area contributed by atoms with Crippen LogP contribution in [0.5, 0.6) is 11.5 Å². The Bertz CT molecular complexity index is 1700. The number of furan rings is 1. The van der Waals surface area contributed by atoms with Crippen LogP contribution in [0.25, 0.3) is 33.5 Å². The van der Waals surface area contributed by atoms with Gasteiger partial charge >= 0.3 is 5.97 Å². The van der Waals surface area contributed by atoms with Gasteiger partial charge in [0.1, 0.15) is 5.58 Å². The number of nitrogens with zero attached hydrogens (tertiary/aromatic N) is 3. The molecule has 0 radical (unpaired) electrons. The minimum Gasteiger partial charge on any atom is -0.490 e. The molecule has 1 atom stereocenters. The SMILES string of the molecule is CCOC(=O)[C@@H](C)Oc1ccc(C=Nn2c(-c3cc4ccccc4o3)nc3ccccc3c2=O)cc1OCC. The van der Waals surface area contributed by atoms with E-state index in [1.54, 1.807) is 50.2 Å². The van der Waals surface area contributed by atoms with E-state index in [9.17, 15) is 9.59 Å². The Labute approximate surface area is 224 Å². The van der Waals surface area contributed by atoms with Crippen molar-refractivity contribution < 1.29 is 23.4 Å². The fourth-order valence-corrected chi connectivity index (χ4v) is 4.08. The van der Waals surface area contributed by atoms with E-state index in [0.717, 1.165) is 5.39 Å². The molecular weight excluding hydrogens is 498 g/mol. The van der Waals surface area contributed by atoms with Crippen LogP contribution in [0.1, 0.15) is 26.3 Å². The quantitative estimate of drug-likeness (QED) is 0.187. The Kier molecular flexibility index (Phi) is 7.40. The zero-order valence-electron chi connectivity index (χ0n) is 21.8. The number of para-hydroxylation sites is 2. The van der Waals surface area contributed by atoms with E-state index in [2.05, 4.69) is 5.10 Å². The Morgan fingerprint density at radius 3 is 2.62 bits per heavy atom. The Hall–Kier alpha value is -4.92. The molecule has 9 nitrogen and oxygen atoms in total. The summed E-state index contributed by atoms with van der Waals surface area (Å²) < 4.78 is 23.8. The molecule has 0 fully saturated rings. The van der Waals surface area contributed by atoms with Crippen LogP contribution in [0.2, 0.25) is 0 Å². The van der Waals surface area contributed by atoms with Crippen molar-refractivity contribution in [1.82, 2.24) is 9.66 Å². The number of carbonyl (C=O) groups excluding carboxylic acids is 1. The van der Waals surface area contributed by atoms with Crippen LogP contribution < -0.4 is 15.0 Å². The molecule has 0 aliphatic carbocycles. The minimum absolute atomic E-state index is 0.263. The first kappa shape index (κ1) is 25.7. The van der Waals surface area contributed by atoms with Crippen molar-refractivity contribution in [3.63, 3.8) is 0 Å². The maximum Gasteiger partial charge on any atom is 0.347 e. The molecule has 39 heavy (non-hydrogen) atoms. The first-order valence-corrected chi connectivity index (χ1v) is 12.6. The average molecular weight is 526 g/mol. The number of esters is 1. The third-order valence-electron chi connectivity index (χ3n) is 5.91. The van der Waals surface area contributed by atoms with Crippen molar-refractivity contribution >= 4 is 34.1 Å². The summed E-state index contributed by atoms with van der Waals surface area (Å²) in [5.74, 6) is 1.05. The Morgan fingerprint density at radius 1 is 1.03 bits per heavy atom. The van der Waals surface area contributed by atoms with Crippen LogP contribution in [0.3, 0.4) is 0 Å². The van der Waals surface area contributed by atoms with Crippen molar-refractivity contribution in [2.75, 3.05) is 13.2 Å². The lowest BCUT2D eigenvalue weighted by Crippen LogP contribution is -2.26. The summed E-state index contributed by atoms with van der Waals surface area (Å²) in [6, 6.07) is 21.7.